The van der Waals surface area contributed by atoms with Crippen molar-refractivity contribution in [1.29, 1.82) is 5.41 Å². The van der Waals surface area contributed by atoms with Crippen LogP contribution in [0.5, 0.6) is 0 Å². The van der Waals surface area contributed by atoms with Crippen LogP contribution in [-0.4, -0.2) is 17.4 Å². The second-order valence-electron chi connectivity index (χ2n) is 2.61. The van der Waals surface area contributed by atoms with Crippen molar-refractivity contribution in [2.24, 2.45) is 0 Å². The van der Waals surface area contributed by atoms with E-state index in [2.05, 4.69) is 0 Å². The molecule has 0 spiro atoms. The average molecular weight is 153 g/mol. The molecule has 62 valence electrons. The highest BCUT2D eigenvalue weighted by Crippen LogP contribution is 2.02. The van der Waals surface area contributed by atoms with Crippen LogP contribution in [-0.2, 0) is 0 Å². The van der Waals surface area contributed by atoms with Gasteiger partial charge in [0.05, 0.1) is 6.10 Å². The van der Waals surface area contributed by atoms with Crippen LogP contribution in [0.2, 0.25) is 0 Å². The van der Waals surface area contributed by atoms with Gasteiger partial charge < -0.3 is 10.5 Å². The predicted octanol–water partition coefficient (Wildman–Crippen LogP) is 1.91. The third-order valence-electron chi connectivity index (χ3n) is 1.46. The zero-order chi connectivity index (χ0) is 8.85. The predicted molar refractivity (Wildman–Crippen MR) is 48.0 cm³/mol. The summed E-state index contributed by atoms with van der Waals surface area (Å²) >= 11 is 0. The van der Waals surface area contributed by atoms with Crippen molar-refractivity contribution >= 4 is 6.21 Å². The molecule has 0 aliphatic rings. The molecule has 0 aromatic heterocycles. The van der Waals surface area contributed by atoms with Crippen LogP contribution in [0.3, 0.4) is 0 Å². The van der Waals surface area contributed by atoms with Crippen molar-refractivity contribution in [1.82, 2.24) is 0 Å². The largest absolute Gasteiger partial charge is 0.389 e. The Kier molecular flexibility index (Phi) is 4.46. The minimum atomic E-state index is -0.413. The molecule has 0 aromatic carbocycles. The van der Waals surface area contributed by atoms with Crippen LogP contribution in [0.15, 0.2) is 23.3 Å². The van der Waals surface area contributed by atoms with Gasteiger partial charge in [-0.25, -0.2) is 0 Å². The Balaban J connectivity index is 4.26. The SMILES string of the molecule is C/C(C=N)=C(C)/C=C\C(C)O. The van der Waals surface area contributed by atoms with Crippen molar-refractivity contribution in [3.8, 4) is 0 Å². The molecule has 2 nitrogen and oxygen atoms in total. The van der Waals surface area contributed by atoms with Gasteiger partial charge in [0.2, 0.25) is 0 Å². The van der Waals surface area contributed by atoms with Gasteiger partial charge in [0.1, 0.15) is 0 Å². The summed E-state index contributed by atoms with van der Waals surface area (Å²) in [6, 6.07) is 0. The molecule has 0 heterocycles. The van der Waals surface area contributed by atoms with Crippen LogP contribution in [0, 0.1) is 5.41 Å². The minimum Gasteiger partial charge on any atom is -0.389 e. The van der Waals surface area contributed by atoms with E-state index in [0.717, 1.165) is 11.1 Å². The number of hydrogen-bond acceptors (Lipinski definition) is 2. The molecular formula is C9H15NO. The van der Waals surface area contributed by atoms with E-state index in [-0.39, 0.29) is 0 Å². The Morgan fingerprint density at radius 2 is 1.91 bits per heavy atom. The van der Waals surface area contributed by atoms with Gasteiger partial charge in [-0.15, -0.1) is 0 Å². The zero-order valence-electron chi connectivity index (χ0n) is 7.26. The van der Waals surface area contributed by atoms with Gasteiger partial charge in [0, 0.05) is 6.21 Å². The number of nitrogens with one attached hydrogen (secondary N) is 1. The summed E-state index contributed by atoms with van der Waals surface area (Å²) in [5.41, 5.74) is 1.93. The number of allylic oxidation sites excluding steroid dienone is 3. The normalized spacial score (nSPS) is 16.4. The summed E-state index contributed by atoms with van der Waals surface area (Å²) in [5, 5.41) is 15.8. The maximum atomic E-state index is 8.89. The molecule has 0 fully saturated rings. The van der Waals surface area contributed by atoms with E-state index in [1.54, 1.807) is 13.0 Å². The lowest BCUT2D eigenvalue weighted by molar-refractivity contribution is 0.244. The summed E-state index contributed by atoms with van der Waals surface area (Å²) in [6.07, 6.45) is 4.42. The van der Waals surface area contributed by atoms with E-state index < -0.39 is 6.10 Å². The van der Waals surface area contributed by atoms with Gasteiger partial charge in [0.25, 0.3) is 0 Å². The molecule has 0 amide bonds. The molecule has 2 N–H and O–H groups in total. The van der Waals surface area contributed by atoms with Crippen LogP contribution in [0.4, 0.5) is 0 Å². The van der Waals surface area contributed by atoms with E-state index >= 15 is 0 Å². The summed E-state index contributed by atoms with van der Waals surface area (Å²) in [7, 11) is 0. The summed E-state index contributed by atoms with van der Waals surface area (Å²) in [4.78, 5) is 0. The van der Waals surface area contributed by atoms with E-state index in [4.69, 9.17) is 10.5 Å². The molecule has 0 aliphatic heterocycles. The molecule has 0 radical (unpaired) electrons. The molecule has 2 heteroatoms. The number of aliphatic hydroxyl groups is 1. The van der Waals surface area contributed by atoms with Crippen LogP contribution in [0.1, 0.15) is 20.8 Å². The molecule has 0 saturated heterocycles. The molecule has 11 heavy (non-hydrogen) atoms. The lowest BCUT2D eigenvalue weighted by atomic mass is 10.1. The van der Waals surface area contributed by atoms with Crippen LogP contribution >= 0.6 is 0 Å². The van der Waals surface area contributed by atoms with E-state index in [1.165, 1.54) is 6.21 Å². The maximum Gasteiger partial charge on any atom is 0.0695 e. The highest BCUT2D eigenvalue weighted by molar-refractivity contribution is 5.76. The Morgan fingerprint density at radius 3 is 2.27 bits per heavy atom. The molecule has 0 rings (SSSR count). The summed E-state index contributed by atoms with van der Waals surface area (Å²) in [6.45, 7) is 5.48. The highest BCUT2D eigenvalue weighted by atomic mass is 16.3. The van der Waals surface area contributed by atoms with E-state index in [1.807, 2.05) is 19.9 Å². The minimum absolute atomic E-state index is 0.413. The highest BCUT2D eigenvalue weighted by Gasteiger charge is 1.89. The number of hydrogen-bond donors (Lipinski definition) is 2. The van der Waals surface area contributed by atoms with Crippen molar-refractivity contribution in [3.05, 3.63) is 23.3 Å². The molecule has 0 aromatic rings. The first-order valence-electron chi connectivity index (χ1n) is 3.62. The van der Waals surface area contributed by atoms with Crippen molar-refractivity contribution in [3.63, 3.8) is 0 Å². The smallest absolute Gasteiger partial charge is 0.0695 e. The molecule has 1 atom stereocenters. The second-order valence-corrected chi connectivity index (χ2v) is 2.61. The van der Waals surface area contributed by atoms with E-state index in [0.29, 0.717) is 0 Å². The first-order chi connectivity index (χ1) is 5.07. The third kappa shape index (κ3) is 4.51. The first-order valence-corrected chi connectivity index (χ1v) is 3.62. The van der Waals surface area contributed by atoms with E-state index in [9.17, 15) is 0 Å². The zero-order valence-corrected chi connectivity index (χ0v) is 7.26. The molecule has 0 bridgehead atoms. The lowest BCUT2D eigenvalue weighted by Gasteiger charge is -1.96. The number of rotatable bonds is 3. The molecule has 1 unspecified atom stereocenters. The third-order valence-corrected chi connectivity index (χ3v) is 1.46. The Labute approximate surface area is 67.8 Å². The standard InChI is InChI=1S/C9H15NO/c1-7(8(2)6-10)4-5-9(3)11/h4-6,9-11H,1-3H3/b5-4-,8-7-,10-6?. The first kappa shape index (κ1) is 10.1. The second kappa shape index (κ2) is 4.85. The number of aliphatic hydroxyl groups excluding tert-OH is 1. The van der Waals surface area contributed by atoms with Crippen molar-refractivity contribution in [2.45, 2.75) is 26.9 Å². The van der Waals surface area contributed by atoms with Crippen molar-refractivity contribution < 1.29 is 5.11 Å². The topological polar surface area (TPSA) is 44.1 Å². The Bertz CT molecular complexity index is 190. The van der Waals surface area contributed by atoms with Gasteiger partial charge in [-0.3, -0.25) is 0 Å². The fourth-order valence-electron chi connectivity index (χ4n) is 0.529. The van der Waals surface area contributed by atoms with Gasteiger partial charge in [-0.2, -0.15) is 0 Å². The van der Waals surface area contributed by atoms with Gasteiger partial charge in [0.15, 0.2) is 0 Å². The maximum absolute atomic E-state index is 8.89. The van der Waals surface area contributed by atoms with Gasteiger partial charge in [-0.1, -0.05) is 12.2 Å². The molecule has 0 saturated carbocycles. The van der Waals surface area contributed by atoms with Gasteiger partial charge >= 0.3 is 0 Å². The monoisotopic (exact) mass is 153 g/mol. The van der Waals surface area contributed by atoms with Crippen LogP contribution < -0.4 is 0 Å². The fourth-order valence-corrected chi connectivity index (χ4v) is 0.529. The average Bonchev–Trinajstić information content (AvgIpc) is 1.98. The summed E-state index contributed by atoms with van der Waals surface area (Å²) in [5.74, 6) is 0. The lowest BCUT2D eigenvalue weighted by Crippen LogP contribution is -1.92. The molecule has 0 aliphatic carbocycles. The quantitative estimate of drug-likeness (QED) is 0.472. The van der Waals surface area contributed by atoms with Crippen LogP contribution in [0.25, 0.3) is 0 Å². The van der Waals surface area contributed by atoms with Crippen molar-refractivity contribution in [2.75, 3.05) is 0 Å². The Hall–Kier alpha value is -0.890. The summed E-state index contributed by atoms with van der Waals surface area (Å²) < 4.78 is 0. The van der Waals surface area contributed by atoms with Gasteiger partial charge in [-0.05, 0) is 31.9 Å². The Morgan fingerprint density at radius 1 is 1.36 bits per heavy atom. The molecular weight excluding hydrogens is 138 g/mol. The fraction of sp³-hybridized carbons (Fsp3) is 0.444.